The maximum Gasteiger partial charge on any atom is 0.307 e. The monoisotopic (exact) mass is 427 g/mol. The number of carboxylic acid groups (broad SMARTS) is 1. The Kier molecular flexibility index (Phi) is 7.84. The van der Waals surface area contributed by atoms with Crippen LogP contribution >= 0.6 is 31.9 Å². The van der Waals surface area contributed by atoms with E-state index in [1.54, 1.807) is 12.1 Å². The van der Waals surface area contributed by atoms with Crippen LogP contribution < -0.4 is 5.73 Å². The highest BCUT2D eigenvalue weighted by Crippen LogP contribution is 2.12. The Bertz CT molecular complexity index is 602. The molecule has 0 radical (unpaired) electrons. The normalized spacial score (nSPS) is 9.55. The molecule has 0 aliphatic rings. The van der Waals surface area contributed by atoms with Gasteiger partial charge < -0.3 is 10.8 Å². The minimum Gasteiger partial charge on any atom is -0.481 e. The van der Waals surface area contributed by atoms with Crippen molar-refractivity contribution in [3.8, 4) is 0 Å². The first-order valence-corrected chi connectivity index (χ1v) is 7.94. The first-order valence-electron chi connectivity index (χ1n) is 6.36. The zero-order valence-electron chi connectivity index (χ0n) is 11.6. The summed E-state index contributed by atoms with van der Waals surface area (Å²) >= 11 is 6.56. The van der Waals surface area contributed by atoms with Gasteiger partial charge in [-0.05, 0) is 35.4 Å². The number of carboxylic acids is 1. The molecule has 0 spiro atoms. The lowest BCUT2D eigenvalue weighted by molar-refractivity contribution is -0.136. The molecule has 3 N–H and O–H groups in total. The van der Waals surface area contributed by atoms with Gasteiger partial charge in [0.2, 0.25) is 5.91 Å². The van der Waals surface area contributed by atoms with Crippen LogP contribution in [0.2, 0.25) is 0 Å². The average molecular weight is 429 g/mol. The van der Waals surface area contributed by atoms with Crippen molar-refractivity contribution in [1.29, 1.82) is 0 Å². The predicted octanol–water partition coefficient (Wildman–Crippen LogP) is 3.55. The standard InChI is InChI=1S/C8H8BrNO.C8H7BrO2/c2*9-7-3-1-2-6(4-7)5-8(10)11/h1-4H,5H2,(H2,10,11);1-4H,5H2,(H,10,11). The van der Waals surface area contributed by atoms with Crippen LogP contribution in [0.3, 0.4) is 0 Å². The molecule has 0 aromatic heterocycles. The van der Waals surface area contributed by atoms with Crippen LogP contribution in [0.1, 0.15) is 11.1 Å². The van der Waals surface area contributed by atoms with Gasteiger partial charge in [-0.3, -0.25) is 9.59 Å². The van der Waals surface area contributed by atoms with Crippen molar-refractivity contribution in [3.05, 3.63) is 68.6 Å². The van der Waals surface area contributed by atoms with Gasteiger partial charge in [-0.1, -0.05) is 56.1 Å². The molecule has 0 unspecified atom stereocenters. The maximum absolute atomic E-state index is 10.5. The summed E-state index contributed by atoms with van der Waals surface area (Å²) in [5, 5.41) is 8.44. The summed E-state index contributed by atoms with van der Waals surface area (Å²) in [5.41, 5.74) is 6.77. The fraction of sp³-hybridized carbons (Fsp3) is 0.125. The third-order valence-corrected chi connectivity index (χ3v) is 3.50. The Morgan fingerprint density at radius 1 is 0.909 bits per heavy atom. The molecule has 6 heteroatoms. The maximum atomic E-state index is 10.5. The summed E-state index contributed by atoms with van der Waals surface area (Å²) < 4.78 is 1.88. The quantitative estimate of drug-likeness (QED) is 0.781. The van der Waals surface area contributed by atoms with Gasteiger partial charge >= 0.3 is 5.97 Å². The number of rotatable bonds is 4. The van der Waals surface area contributed by atoms with Crippen molar-refractivity contribution >= 4 is 43.7 Å². The van der Waals surface area contributed by atoms with Crippen molar-refractivity contribution < 1.29 is 14.7 Å². The van der Waals surface area contributed by atoms with E-state index >= 15 is 0 Å². The van der Waals surface area contributed by atoms with Crippen molar-refractivity contribution in [3.63, 3.8) is 0 Å². The molecule has 0 saturated carbocycles. The first-order chi connectivity index (χ1) is 10.4. The minimum atomic E-state index is -0.803. The number of carbonyl (C=O) groups excluding carboxylic acids is 1. The lowest BCUT2D eigenvalue weighted by Crippen LogP contribution is -2.13. The van der Waals surface area contributed by atoms with E-state index in [2.05, 4.69) is 31.9 Å². The molecular weight excluding hydrogens is 414 g/mol. The molecular formula is C16H15Br2NO3. The van der Waals surface area contributed by atoms with E-state index < -0.39 is 5.97 Å². The summed E-state index contributed by atoms with van der Waals surface area (Å²) in [4.78, 5) is 20.8. The van der Waals surface area contributed by atoms with E-state index in [0.717, 1.165) is 20.1 Å². The number of hydrogen-bond donors (Lipinski definition) is 2. The second-order valence-corrected chi connectivity index (χ2v) is 6.30. The van der Waals surface area contributed by atoms with Crippen LogP contribution in [0.15, 0.2) is 57.5 Å². The molecule has 0 saturated heterocycles. The molecule has 2 aromatic carbocycles. The van der Waals surface area contributed by atoms with Gasteiger partial charge in [-0.15, -0.1) is 0 Å². The topological polar surface area (TPSA) is 80.4 Å². The summed E-state index contributed by atoms with van der Waals surface area (Å²) in [6.45, 7) is 0. The average Bonchev–Trinajstić information content (AvgIpc) is 2.37. The van der Waals surface area contributed by atoms with Gasteiger partial charge in [0, 0.05) is 8.95 Å². The molecule has 0 aliphatic carbocycles. The highest BCUT2D eigenvalue weighted by molar-refractivity contribution is 9.10. The van der Waals surface area contributed by atoms with E-state index in [1.807, 2.05) is 36.4 Å². The van der Waals surface area contributed by atoms with Gasteiger partial charge in [-0.25, -0.2) is 0 Å². The van der Waals surface area contributed by atoms with Crippen LogP contribution in [0.4, 0.5) is 0 Å². The van der Waals surface area contributed by atoms with Crippen molar-refractivity contribution in [2.24, 2.45) is 5.73 Å². The number of amides is 1. The molecule has 0 aliphatic heterocycles. The molecule has 0 bridgehead atoms. The van der Waals surface area contributed by atoms with E-state index in [9.17, 15) is 9.59 Å². The SMILES string of the molecule is NC(=O)Cc1cccc(Br)c1.O=C(O)Cc1cccc(Br)c1. The highest BCUT2D eigenvalue weighted by atomic mass is 79.9. The molecule has 2 rings (SSSR count). The van der Waals surface area contributed by atoms with E-state index in [0.29, 0.717) is 6.42 Å². The Balaban J connectivity index is 0.000000220. The first kappa shape index (κ1) is 18.4. The number of aliphatic carboxylic acids is 1. The molecule has 1 amide bonds. The summed E-state index contributed by atoms with van der Waals surface area (Å²) in [7, 11) is 0. The van der Waals surface area contributed by atoms with Gasteiger partial charge in [0.1, 0.15) is 0 Å². The third kappa shape index (κ3) is 7.95. The zero-order valence-corrected chi connectivity index (χ0v) is 14.8. The number of benzene rings is 2. The van der Waals surface area contributed by atoms with Gasteiger partial charge in [-0.2, -0.15) is 0 Å². The Morgan fingerprint density at radius 2 is 1.36 bits per heavy atom. The molecule has 0 atom stereocenters. The number of carbonyl (C=O) groups is 2. The van der Waals surface area contributed by atoms with Crippen molar-refractivity contribution in [2.45, 2.75) is 12.8 Å². The number of halogens is 2. The van der Waals surface area contributed by atoms with Crippen LogP contribution in [-0.4, -0.2) is 17.0 Å². The lowest BCUT2D eigenvalue weighted by Gasteiger charge is -1.96. The number of primary amides is 1. The Hall–Kier alpha value is -1.66. The Morgan fingerprint density at radius 3 is 1.73 bits per heavy atom. The molecule has 0 fully saturated rings. The van der Waals surface area contributed by atoms with Gasteiger partial charge in [0.15, 0.2) is 0 Å². The van der Waals surface area contributed by atoms with Crippen LogP contribution in [0, 0.1) is 0 Å². The van der Waals surface area contributed by atoms with E-state index in [-0.39, 0.29) is 12.3 Å². The molecule has 0 heterocycles. The molecule has 4 nitrogen and oxygen atoms in total. The van der Waals surface area contributed by atoms with E-state index in [1.165, 1.54) is 0 Å². The van der Waals surface area contributed by atoms with E-state index in [4.69, 9.17) is 10.8 Å². The number of hydrogen-bond acceptors (Lipinski definition) is 2. The fourth-order valence-electron chi connectivity index (χ4n) is 1.67. The highest BCUT2D eigenvalue weighted by Gasteiger charge is 1.99. The smallest absolute Gasteiger partial charge is 0.307 e. The van der Waals surface area contributed by atoms with Crippen molar-refractivity contribution in [1.82, 2.24) is 0 Å². The Labute approximate surface area is 145 Å². The van der Waals surface area contributed by atoms with Gasteiger partial charge in [0.05, 0.1) is 12.8 Å². The second kappa shape index (κ2) is 9.38. The zero-order chi connectivity index (χ0) is 16.5. The second-order valence-electron chi connectivity index (χ2n) is 4.47. The number of nitrogens with two attached hydrogens (primary N) is 1. The molecule has 116 valence electrons. The molecule has 2 aromatic rings. The van der Waals surface area contributed by atoms with Gasteiger partial charge in [0.25, 0.3) is 0 Å². The van der Waals surface area contributed by atoms with Crippen molar-refractivity contribution in [2.75, 3.05) is 0 Å². The minimum absolute atomic E-state index is 0.0828. The molecule has 22 heavy (non-hydrogen) atoms. The van der Waals surface area contributed by atoms with Crippen LogP contribution in [0.25, 0.3) is 0 Å². The predicted molar refractivity (Wildman–Crippen MR) is 92.5 cm³/mol. The van der Waals surface area contributed by atoms with Crippen LogP contribution in [0.5, 0.6) is 0 Å². The summed E-state index contributed by atoms with van der Waals surface area (Å²) in [5.74, 6) is -1.11. The van der Waals surface area contributed by atoms with Crippen LogP contribution in [-0.2, 0) is 22.4 Å². The summed E-state index contributed by atoms with van der Waals surface area (Å²) in [6.07, 6.45) is 0.388. The summed E-state index contributed by atoms with van der Waals surface area (Å²) in [6, 6.07) is 14.8. The third-order valence-electron chi connectivity index (χ3n) is 2.51. The fourth-order valence-corrected chi connectivity index (χ4v) is 2.56. The largest absolute Gasteiger partial charge is 0.481 e. The lowest BCUT2D eigenvalue weighted by atomic mass is 10.1.